The van der Waals surface area contributed by atoms with Gasteiger partial charge in [0.1, 0.15) is 5.65 Å². The zero-order valence-corrected chi connectivity index (χ0v) is 17.7. The van der Waals surface area contributed by atoms with Crippen molar-refractivity contribution in [3.8, 4) is 11.1 Å². The van der Waals surface area contributed by atoms with E-state index in [-0.39, 0.29) is 12.6 Å². The molecule has 0 amide bonds. The summed E-state index contributed by atoms with van der Waals surface area (Å²) in [7, 11) is 0. The molecule has 0 unspecified atom stereocenters. The second-order valence-electron chi connectivity index (χ2n) is 8.75. The third-order valence-corrected chi connectivity index (χ3v) is 6.22. The Morgan fingerprint density at radius 3 is 2.65 bits per heavy atom. The zero-order valence-electron chi connectivity index (χ0n) is 17.7. The molecule has 2 aliphatic carbocycles. The maximum absolute atomic E-state index is 12.3. The zero-order chi connectivity index (χ0) is 21.4. The molecule has 1 N–H and O–H groups in total. The lowest BCUT2D eigenvalue weighted by atomic mass is 9.95. The van der Waals surface area contributed by atoms with Crippen LogP contribution in [0.5, 0.6) is 0 Å². The third-order valence-electron chi connectivity index (χ3n) is 6.22. The van der Waals surface area contributed by atoms with Crippen molar-refractivity contribution >= 4 is 17.0 Å². The average molecular weight is 431 g/mol. The summed E-state index contributed by atoms with van der Waals surface area (Å²) in [5.74, 6) is 0.424. The molecule has 2 aliphatic rings. The quantitative estimate of drug-likeness (QED) is 0.534. The first kappa shape index (κ1) is 20.4. The molecule has 2 saturated carbocycles. The van der Waals surface area contributed by atoms with Gasteiger partial charge >= 0.3 is 6.61 Å². The lowest BCUT2D eigenvalue weighted by Crippen LogP contribution is -2.24. The van der Waals surface area contributed by atoms with E-state index in [4.69, 9.17) is 4.98 Å². The Labute approximate surface area is 179 Å². The van der Waals surface area contributed by atoms with Crippen LogP contribution in [0, 0.1) is 0 Å². The molecule has 31 heavy (non-hydrogen) atoms. The third kappa shape index (κ3) is 4.42. The van der Waals surface area contributed by atoms with Gasteiger partial charge in [-0.05, 0) is 32.6 Å². The van der Waals surface area contributed by atoms with Gasteiger partial charge in [0.25, 0.3) is 0 Å². The maximum Gasteiger partial charge on any atom is 0.345 e. The standard InChI is InChI=1S/C22H28F2N6O/c1-14(13-31-21(23)24)27-22-25-10-18-19(15-9-26-30(11-15)17-7-8-17)12-29(20(18)28-22)16-5-3-2-4-6-16/h9-12,14,16-17,21H,2-8,13H2,1H3,(H,25,27,28)/t14-/m0/s1. The number of halogens is 2. The van der Waals surface area contributed by atoms with Crippen LogP contribution in [-0.4, -0.2) is 43.6 Å². The maximum atomic E-state index is 12.3. The van der Waals surface area contributed by atoms with Crippen molar-refractivity contribution in [1.29, 1.82) is 0 Å². The molecular formula is C22H28F2N6O. The predicted octanol–water partition coefficient (Wildman–Crippen LogP) is 5.17. The molecule has 0 aliphatic heterocycles. The number of fused-ring (bicyclic) bond motifs is 1. The van der Waals surface area contributed by atoms with E-state index in [1.165, 1.54) is 32.1 Å². The number of nitrogens with zero attached hydrogens (tertiary/aromatic N) is 5. The van der Waals surface area contributed by atoms with E-state index in [1.807, 2.05) is 12.4 Å². The van der Waals surface area contributed by atoms with Crippen molar-refractivity contribution in [2.45, 2.75) is 76.6 Å². The first-order valence-corrected chi connectivity index (χ1v) is 11.2. The Morgan fingerprint density at radius 1 is 1.10 bits per heavy atom. The van der Waals surface area contributed by atoms with Crippen LogP contribution in [-0.2, 0) is 4.74 Å². The van der Waals surface area contributed by atoms with Gasteiger partial charge in [0.15, 0.2) is 0 Å². The Balaban J connectivity index is 1.48. The normalized spacial score (nSPS) is 18.7. The van der Waals surface area contributed by atoms with E-state index in [0.29, 0.717) is 18.0 Å². The topological polar surface area (TPSA) is 69.8 Å². The van der Waals surface area contributed by atoms with Crippen molar-refractivity contribution < 1.29 is 13.5 Å². The minimum absolute atomic E-state index is 0.117. The summed E-state index contributed by atoms with van der Waals surface area (Å²) in [6, 6.07) is 0.607. The molecule has 0 bridgehead atoms. The summed E-state index contributed by atoms with van der Waals surface area (Å²) in [6.45, 7) is -1.13. The molecule has 0 spiro atoms. The molecule has 0 radical (unpaired) electrons. The minimum atomic E-state index is -2.78. The summed E-state index contributed by atoms with van der Waals surface area (Å²) < 4.78 is 33.4. The molecule has 1 atom stereocenters. The van der Waals surface area contributed by atoms with Crippen LogP contribution in [0.25, 0.3) is 22.2 Å². The number of aromatic nitrogens is 5. The van der Waals surface area contributed by atoms with Crippen LogP contribution in [0.2, 0.25) is 0 Å². The number of nitrogens with one attached hydrogen (secondary N) is 1. The fourth-order valence-electron chi connectivity index (χ4n) is 4.46. The van der Waals surface area contributed by atoms with Crippen LogP contribution < -0.4 is 5.32 Å². The summed E-state index contributed by atoms with van der Waals surface area (Å²) in [4.78, 5) is 9.26. The van der Waals surface area contributed by atoms with E-state index in [9.17, 15) is 8.78 Å². The fraction of sp³-hybridized carbons (Fsp3) is 0.591. The Kier molecular flexibility index (Phi) is 5.60. The van der Waals surface area contributed by atoms with Gasteiger partial charge in [0.2, 0.25) is 5.95 Å². The van der Waals surface area contributed by atoms with Gasteiger partial charge in [-0.3, -0.25) is 4.68 Å². The molecule has 0 saturated heterocycles. The molecule has 5 rings (SSSR count). The summed E-state index contributed by atoms with van der Waals surface area (Å²) in [5.41, 5.74) is 3.04. The highest BCUT2D eigenvalue weighted by Crippen LogP contribution is 2.38. The van der Waals surface area contributed by atoms with Crippen molar-refractivity contribution in [1.82, 2.24) is 24.3 Å². The number of hydrogen-bond donors (Lipinski definition) is 1. The molecule has 3 aromatic rings. The summed E-state index contributed by atoms with van der Waals surface area (Å²) in [6.07, 6.45) is 16.4. The van der Waals surface area contributed by atoms with Crippen LogP contribution in [0.3, 0.4) is 0 Å². The number of alkyl halides is 2. The van der Waals surface area contributed by atoms with E-state index in [0.717, 1.165) is 35.0 Å². The SMILES string of the molecule is C[C@@H](COC(F)F)Nc1ncc2c(-c3cnn(C4CC4)c3)cn(C3CCCCC3)c2n1. The molecule has 7 nitrogen and oxygen atoms in total. The molecule has 3 heterocycles. The predicted molar refractivity (Wildman–Crippen MR) is 114 cm³/mol. The second-order valence-corrected chi connectivity index (χ2v) is 8.75. The van der Waals surface area contributed by atoms with Crippen LogP contribution >= 0.6 is 0 Å². The number of ether oxygens (including phenoxy) is 1. The van der Waals surface area contributed by atoms with Gasteiger partial charge in [-0.1, -0.05) is 19.3 Å². The highest BCUT2D eigenvalue weighted by molar-refractivity contribution is 5.93. The first-order chi connectivity index (χ1) is 15.1. The first-order valence-electron chi connectivity index (χ1n) is 11.2. The molecule has 0 aromatic carbocycles. The van der Waals surface area contributed by atoms with Crippen molar-refractivity contribution in [2.75, 3.05) is 11.9 Å². The van der Waals surface area contributed by atoms with E-state index >= 15 is 0 Å². The van der Waals surface area contributed by atoms with Crippen molar-refractivity contribution in [3.05, 3.63) is 24.8 Å². The highest BCUT2D eigenvalue weighted by Gasteiger charge is 2.26. The van der Waals surface area contributed by atoms with Crippen molar-refractivity contribution in [3.63, 3.8) is 0 Å². The van der Waals surface area contributed by atoms with E-state index < -0.39 is 6.61 Å². The summed E-state index contributed by atoms with van der Waals surface area (Å²) in [5, 5.41) is 8.63. The fourth-order valence-corrected chi connectivity index (χ4v) is 4.46. The second kappa shape index (κ2) is 8.53. The van der Waals surface area contributed by atoms with Gasteiger partial charge in [-0.25, -0.2) is 4.98 Å². The lowest BCUT2D eigenvalue weighted by molar-refractivity contribution is -0.130. The van der Waals surface area contributed by atoms with Crippen LogP contribution in [0.1, 0.15) is 64.0 Å². The van der Waals surface area contributed by atoms with Crippen LogP contribution in [0.15, 0.2) is 24.8 Å². The molecule has 3 aromatic heterocycles. The monoisotopic (exact) mass is 430 g/mol. The molecule has 2 fully saturated rings. The summed E-state index contributed by atoms with van der Waals surface area (Å²) >= 11 is 0. The van der Waals surface area contributed by atoms with Gasteiger partial charge in [-0.15, -0.1) is 0 Å². The van der Waals surface area contributed by atoms with Gasteiger partial charge < -0.3 is 14.6 Å². The van der Waals surface area contributed by atoms with Gasteiger partial charge in [0.05, 0.1) is 18.8 Å². The van der Waals surface area contributed by atoms with Gasteiger partial charge in [-0.2, -0.15) is 18.9 Å². The number of hydrogen-bond acceptors (Lipinski definition) is 5. The lowest BCUT2D eigenvalue weighted by Gasteiger charge is -2.24. The largest absolute Gasteiger partial charge is 0.349 e. The molecular weight excluding hydrogens is 402 g/mol. The number of anilines is 1. The van der Waals surface area contributed by atoms with Crippen molar-refractivity contribution in [2.24, 2.45) is 0 Å². The Morgan fingerprint density at radius 2 is 1.90 bits per heavy atom. The average Bonchev–Trinajstić information content (AvgIpc) is 3.38. The Hall–Kier alpha value is -2.55. The Bertz CT molecular complexity index is 1040. The molecule has 9 heteroatoms. The van der Waals surface area contributed by atoms with E-state index in [2.05, 4.69) is 41.8 Å². The minimum Gasteiger partial charge on any atom is -0.349 e. The van der Waals surface area contributed by atoms with Crippen LogP contribution in [0.4, 0.5) is 14.7 Å². The van der Waals surface area contributed by atoms with E-state index in [1.54, 1.807) is 6.92 Å². The molecule has 166 valence electrons. The highest BCUT2D eigenvalue weighted by atomic mass is 19.3. The smallest absolute Gasteiger partial charge is 0.345 e. The number of rotatable bonds is 8. The van der Waals surface area contributed by atoms with Gasteiger partial charge in [0, 0.05) is 47.2 Å².